The molecule has 0 aliphatic carbocycles. The second kappa shape index (κ2) is 5.03. The molecule has 0 amide bonds. The second-order valence-electron chi connectivity index (χ2n) is 4.44. The molecule has 3 aromatic rings. The molecule has 3 N–H and O–H groups in total. The molecule has 0 spiro atoms. The van der Waals surface area contributed by atoms with Crippen LogP contribution in [0.2, 0.25) is 5.02 Å². The zero-order valence-corrected chi connectivity index (χ0v) is 11.2. The second-order valence-corrected chi connectivity index (χ2v) is 4.81. The molecular formula is C13H14ClN5. The van der Waals surface area contributed by atoms with Crippen LogP contribution in [0.3, 0.4) is 0 Å². The number of nitrogens with one attached hydrogen (secondary N) is 3. The fourth-order valence-corrected chi connectivity index (χ4v) is 2.34. The third-order valence-corrected chi connectivity index (χ3v) is 3.57. The van der Waals surface area contributed by atoms with Crippen LogP contribution in [-0.4, -0.2) is 20.2 Å². The van der Waals surface area contributed by atoms with Gasteiger partial charge in [-0.1, -0.05) is 29.8 Å². The molecule has 6 heteroatoms. The zero-order valence-electron chi connectivity index (χ0n) is 10.4. The molecule has 0 radical (unpaired) electrons. The van der Waals surface area contributed by atoms with Crippen molar-refractivity contribution in [2.75, 3.05) is 0 Å². The molecule has 2 heterocycles. The van der Waals surface area contributed by atoms with Crippen molar-refractivity contribution < 1.29 is 0 Å². The van der Waals surface area contributed by atoms with Gasteiger partial charge in [0.1, 0.15) is 12.2 Å². The molecule has 5 nitrogen and oxygen atoms in total. The number of H-pyrrole nitrogens is 2. The van der Waals surface area contributed by atoms with Gasteiger partial charge in [0, 0.05) is 23.1 Å². The molecule has 19 heavy (non-hydrogen) atoms. The summed E-state index contributed by atoms with van der Waals surface area (Å²) in [6, 6.07) is 8.09. The fourth-order valence-electron chi connectivity index (χ4n) is 2.06. The maximum absolute atomic E-state index is 6.36. The first-order chi connectivity index (χ1) is 9.25. The lowest BCUT2D eigenvalue weighted by molar-refractivity contribution is 0.544. The molecule has 3 rings (SSSR count). The quantitative estimate of drug-likeness (QED) is 0.686. The van der Waals surface area contributed by atoms with E-state index in [1.54, 1.807) is 0 Å². The van der Waals surface area contributed by atoms with Crippen molar-refractivity contribution in [1.29, 1.82) is 0 Å². The van der Waals surface area contributed by atoms with Gasteiger partial charge in [-0.2, -0.15) is 5.10 Å². The third kappa shape index (κ3) is 2.34. The minimum absolute atomic E-state index is 0.0879. The first-order valence-electron chi connectivity index (χ1n) is 6.09. The van der Waals surface area contributed by atoms with Crippen molar-refractivity contribution in [1.82, 2.24) is 25.5 Å². The van der Waals surface area contributed by atoms with E-state index in [9.17, 15) is 0 Å². The molecule has 2 aromatic heterocycles. The number of aromatic nitrogens is 4. The molecule has 0 saturated carbocycles. The summed E-state index contributed by atoms with van der Waals surface area (Å²) in [6.07, 6.45) is 1.50. The van der Waals surface area contributed by atoms with E-state index in [1.807, 2.05) is 31.2 Å². The van der Waals surface area contributed by atoms with Gasteiger partial charge in [-0.15, -0.1) is 0 Å². The summed E-state index contributed by atoms with van der Waals surface area (Å²) < 4.78 is 0. The van der Waals surface area contributed by atoms with Crippen molar-refractivity contribution in [2.24, 2.45) is 0 Å². The number of hydrogen-bond acceptors (Lipinski definition) is 3. The molecule has 0 aliphatic rings. The summed E-state index contributed by atoms with van der Waals surface area (Å²) in [5.74, 6) is 0.812. The molecule has 1 unspecified atom stereocenters. The van der Waals surface area contributed by atoms with Gasteiger partial charge in [0.15, 0.2) is 0 Å². The summed E-state index contributed by atoms with van der Waals surface area (Å²) in [6.45, 7) is 2.67. The molecule has 1 aromatic carbocycles. The van der Waals surface area contributed by atoms with Crippen molar-refractivity contribution in [3.8, 4) is 0 Å². The Hall–Kier alpha value is -1.85. The lowest BCUT2D eigenvalue weighted by Crippen LogP contribution is -2.19. The number of hydrogen-bond donors (Lipinski definition) is 3. The van der Waals surface area contributed by atoms with Crippen LogP contribution in [0, 0.1) is 0 Å². The number of benzene rings is 1. The Kier molecular flexibility index (Phi) is 3.23. The van der Waals surface area contributed by atoms with Gasteiger partial charge in [-0.05, 0) is 13.0 Å². The van der Waals surface area contributed by atoms with Gasteiger partial charge < -0.3 is 10.3 Å². The SMILES string of the molecule is CC(NCc1[nH]c2ccccc2c1Cl)c1ncn[nH]1. The van der Waals surface area contributed by atoms with Gasteiger partial charge in [0.2, 0.25) is 0 Å². The molecule has 1 atom stereocenters. The first-order valence-corrected chi connectivity index (χ1v) is 6.47. The van der Waals surface area contributed by atoms with E-state index in [-0.39, 0.29) is 6.04 Å². The maximum atomic E-state index is 6.36. The maximum Gasteiger partial charge on any atom is 0.141 e. The summed E-state index contributed by atoms with van der Waals surface area (Å²) in [5, 5.41) is 11.9. The van der Waals surface area contributed by atoms with Crippen LogP contribution in [-0.2, 0) is 6.54 Å². The monoisotopic (exact) mass is 275 g/mol. The van der Waals surface area contributed by atoms with Gasteiger partial charge in [-0.25, -0.2) is 4.98 Å². The topological polar surface area (TPSA) is 69.4 Å². The Labute approximate surface area is 115 Å². The van der Waals surface area contributed by atoms with Crippen LogP contribution in [0.4, 0.5) is 0 Å². The Morgan fingerprint density at radius 1 is 1.37 bits per heavy atom. The van der Waals surface area contributed by atoms with Gasteiger partial charge in [0.05, 0.1) is 11.1 Å². The average molecular weight is 276 g/mol. The highest BCUT2D eigenvalue weighted by Gasteiger charge is 2.12. The predicted molar refractivity (Wildman–Crippen MR) is 74.9 cm³/mol. The van der Waals surface area contributed by atoms with Crippen molar-refractivity contribution in [2.45, 2.75) is 19.5 Å². The van der Waals surface area contributed by atoms with E-state index in [0.717, 1.165) is 27.4 Å². The highest BCUT2D eigenvalue weighted by atomic mass is 35.5. The largest absolute Gasteiger partial charge is 0.356 e. The van der Waals surface area contributed by atoms with Crippen LogP contribution in [0.15, 0.2) is 30.6 Å². The highest BCUT2D eigenvalue weighted by molar-refractivity contribution is 6.36. The van der Waals surface area contributed by atoms with Crippen LogP contribution in [0.1, 0.15) is 24.5 Å². The van der Waals surface area contributed by atoms with Crippen molar-refractivity contribution in [3.05, 3.63) is 47.1 Å². The van der Waals surface area contributed by atoms with E-state index in [1.165, 1.54) is 6.33 Å². The Morgan fingerprint density at radius 3 is 2.95 bits per heavy atom. The Bertz CT molecular complexity index is 673. The number of halogens is 1. The van der Waals surface area contributed by atoms with Crippen molar-refractivity contribution in [3.63, 3.8) is 0 Å². The van der Waals surface area contributed by atoms with E-state index < -0.39 is 0 Å². The first kappa shape index (κ1) is 12.2. The number of nitrogens with zero attached hydrogens (tertiary/aromatic N) is 2. The smallest absolute Gasteiger partial charge is 0.141 e. The molecule has 98 valence electrons. The molecule has 0 bridgehead atoms. The predicted octanol–water partition coefficient (Wildman–Crippen LogP) is 2.79. The standard InChI is InChI=1S/C13H14ClN5/c1-8(13-16-7-17-19-13)15-6-11-12(14)9-4-2-3-5-10(9)18-11/h2-5,7-8,15,18H,6H2,1H3,(H,16,17,19). The summed E-state index contributed by atoms with van der Waals surface area (Å²) in [7, 11) is 0. The van der Waals surface area contributed by atoms with E-state index >= 15 is 0 Å². The van der Waals surface area contributed by atoms with E-state index in [2.05, 4.69) is 25.5 Å². The van der Waals surface area contributed by atoms with Crippen LogP contribution in [0.5, 0.6) is 0 Å². The fraction of sp³-hybridized carbons (Fsp3) is 0.231. The number of para-hydroxylation sites is 1. The lowest BCUT2D eigenvalue weighted by atomic mass is 10.2. The number of fused-ring (bicyclic) bond motifs is 1. The third-order valence-electron chi connectivity index (χ3n) is 3.14. The van der Waals surface area contributed by atoms with E-state index in [4.69, 9.17) is 11.6 Å². The minimum atomic E-state index is 0.0879. The minimum Gasteiger partial charge on any atom is -0.356 e. The van der Waals surface area contributed by atoms with Crippen molar-refractivity contribution >= 4 is 22.5 Å². The van der Waals surface area contributed by atoms with E-state index in [0.29, 0.717) is 6.54 Å². The summed E-state index contributed by atoms with van der Waals surface area (Å²) in [4.78, 5) is 7.45. The average Bonchev–Trinajstić information content (AvgIpc) is 3.05. The van der Waals surface area contributed by atoms with Gasteiger partial charge >= 0.3 is 0 Å². The Balaban J connectivity index is 1.77. The van der Waals surface area contributed by atoms with Gasteiger partial charge in [0.25, 0.3) is 0 Å². The van der Waals surface area contributed by atoms with Gasteiger partial charge in [-0.3, -0.25) is 5.10 Å². The number of rotatable bonds is 4. The van der Waals surface area contributed by atoms with Crippen LogP contribution >= 0.6 is 11.6 Å². The lowest BCUT2D eigenvalue weighted by Gasteiger charge is -2.09. The Morgan fingerprint density at radius 2 is 2.21 bits per heavy atom. The molecule has 0 saturated heterocycles. The van der Waals surface area contributed by atoms with Crippen LogP contribution in [0.25, 0.3) is 10.9 Å². The van der Waals surface area contributed by atoms with Crippen LogP contribution < -0.4 is 5.32 Å². The normalized spacial score (nSPS) is 12.9. The number of aromatic amines is 2. The summed E-state index contributed by atoms with van der Waals surface area (Å²) >= 11 is 6.36. The highest BCUT2D eigenvalue weighted by Crippen LogP contribution is 2.27. The summed E-state index contributed by atoms with van der Waals surface area (Å²) in [5.41, 5.74) is 2.03. The molecule has 0 fully saturated rings. The molecule has 0 aliphatic heterocycles. The molecular weight excluding hydrogens is 262 g/mol. The zero-order chi connectivity index (χ0) is 13.2.